The summed E-state index contributed by atoms with van der Waals surface area (Å²) in [5.41, 5.74) is 0.286. The molecule has 0 N–H and O–H groups in total. The summed E-state index contributed by atoms with van der Waals surface area (Å²) in [7, 11) is 0. The van der Waals surface area contributed by atoms with Gasteiger partial charge in [0.1, 0.15) is 0 Å². The summed E-state index contributed by atoms with van der Waals surface area (Å²) in [5.74, 6) is -4.84. The van der Waals surface area contributed by atoms with E-state index in [1.807, 2.05) is 13.8 Å². The molecule has 0 aliphatic carbocycles. The Morgan fingerprint density at radius 3 is 2.35 bits per heavy atom. The Morgan fingerprint density at radius 2 is 1.85 bits per heavy atom. The van der Waals surface area contributed by atoms with Gasteiger partial charge in [0.2, 0.25) is 0 Å². The molecule has 0 radical (unpaired) electrons. The summed E-state index contributed by atoms with van der Waals surface area (Å²) in [5, 5.41) is 4.17. The zero-order valence-electron chi connectivity index (χ0n) is 11.0. The topological polar surface area (TPSA) is 34.9 Å². The standard InChI is InChI=1S/C14H13F3N2O/c1-8(2)19-4-3-10(18-19)7-13(20)9-5-11(15)14(17)12(16)6-9/h3-6,8H,7H2,1-2H3. The number of carbonyl (C=O) groups is 1. The Bertz CT molecular complexity index is 627. The van der Waals surface area contributed by atoms with Gasteiger partial charge >= 0.3 is 0 Å². The third-order valence-electron chi connectivity index (χ3n) is 2.84. The molecule has 20 heavy (non-hydrogen) atoms. The van der Waals surface area contributed by atoms with Crippen molar-refractivity contribution in [3.63, 3.8) is 0 Å². The van der Waals surface area contributed by atoms with Crippen LogP contribution in [-0.4, -0.2) is 15.6 Å². The molecule has 0 unspecified atom stereocenters. The Kier molecular flexibility index (Phi) is 3.92. The number of halogens is 3. The van der Waals surface area contributed by atoms with Crippen LogP contribution in [0.1, 0.15) is 35.9 Å². The predicted molar refractivity (Wildman–Crippen MR) is 67.0 cm³/mol. The molecule has 2 aromatic rings. The van der Waals surface area contributed by atoms with Crippen molar-refractivity contribution in [1.29, 1.82) is 0 Å². The largest absolute Gasteiger partial charge is 0.294 e. The van der Waals surface area contributed by atoms with Gasteiger partial charge in [-0.05, 0) is 32.0 Å². The van der Waals surface area contributed by atoms with E-state index in [1.54, 1.807) is 16.9 Å². The number of nitrogens with zero attached hydrogens (tertiary/aromatic N) is 2. The maximum Gasteiger partial charge on any atom is 0.194 e. The third-order valence-corrected chi connectivity index (χ3v) is 2.84. The van der Waals surface area contributed by atoms with Crippen LogP contribution in [0.2, 0.25) is 0 Å². The Morgan fingerprint density at radius 1 is 1.25 bits per heavy atom. The average Bonchev–Trinajstić information content (AvgIpc) is 2.84. The molecule has 3 nitrogen and oxygen atoms in total. The molecule has 0 amide bonds. The van der Waals surface area contributed by atoms with Crippen LogP contribution in [-0.2, 0) is 6.42 Å². The molecular weight excluding hydrogens is 269 g/mol. The predicted octanol–water partition coefficient (Wildman–Crippen LogP) is 3.31. The highest BCUT2D eigenvalue weighted by molar-refractivity contribution is 5.97. The first-order valence-electron chi connectivity index (χ1n) is 6.10. The molecule has 0 spiro atoms. The molecule has 0 fully saturated rings. The van der Waals surface area contributed by atoms with Crippen LogP contribution in [0.4, 0.5) is 13.2 Å². The van der Waals surface area contributed by atoms with Crippen LogP contribution in [0.15, 0.2) is 24.4 Å². The molecule has 0 saturated heterocycles. The van der Waals surface area contributed by atoms with Crippen molar-refractivity contribution in [3.8, 4) is 0 Å². The van der Waals surface area contributed by atoms with Gasteiger partial charge in [-0.15, -0.1) is 0 Å². The smallest absolute Gasteiger partial charge is 0.194 e. The first-order valence-corrected chi connectivity index (χ1v) is 6.10. The average molecular weight is 282 g/mol. The van der Waals surface area contributed by atoms with Crippen LogP contribution in [0.25, 0.3) is 0 Å². The second kappa shape index (κ2) is 5.48. The van der Waals surface area contributed by atoms with E-state index in [4.69, 9.17) is 0 Å². The van der Waals surface area contributed by atoms with Crippen molar-refractivity contribution in [2.75, 3.05) is 0 Å². The summed E-state index contributed by atoms with van der Waals surface area (Å²) in [6.45, 7) is 3.87. The third kappa shape index (κ3) is 2.89. The van der Waals surface area contributed by atoms with E-state index in [0.717, 1.165) is 0 Å². The quantitative estimate of drug-likeness (QED) is 0.637. The number of carbonyl (C=O) groups excluding carboxylic acids is 1. The van der Waals surface area contributed by atoms with Gasteiger partial charge in [0.05, 0.1) is 12.1 Å². The lowest BCUT2D eigenvalue weighted by molar-refractivity contribution is 0.0990. The van der Waals surface area contributed by atoms with Crippen molar-refractivity contribution in [1.82, 2.24) is 9.78 Å². The second-order valence-electron chi connectivity index (χ2n) is 4.73. The maximum absolute atomic E-state index is 13.1. The minimum atomic E-state index is -1.58. The van der Waals surface area contributed by atoms with Gasteiger partial charge in [-0.1, -0.05) is 0 Å². The lowest BCUT2D eigenvalue weighted by Gasteiger charge is -2.04. The number of Topliss-reactive ketones (excluding diaryl/α,β-unsaturated/α-hetero) is 1. The molecule has 106 valence electrons. The summed E-state index contributed by atoms with van der Waals surface area (Å²) in [6.07, 6.45) is 1.63. The SMILES string of the molecule is CC(C)n1ccc(CC(=O)c2cc(F)c(F)c(F)c2)n1. The van der Waals surface area contributed by atoms with Gasteiger partial charge in [-0.3, -0.25) is 9.48 Å². The van der Waals surface area contributed by atoms with Gasteiger partial charge in [0, 0.05) is 17.8 Å². The van der Waals surface area contributed by atoms with E-state index in [-0.39, 0.29) is 18.0 Å². The zero-order chi connectivity index (χ0) is 14.9. The molecular formula is C14H13F3N2O. The summed E-state index contributed by atoms with van der Waals surface area (Å²) < 4.78 is 40.6. The second-order valence-corrected chi connectivity index (χ2v) is 4.73. The number of hydrogen-bond donors (Lipinski definition) is 0. The minimum Gasteiger partial charge on any atom is -0.294 e. The Balaban J connectivity index is 2.19. The maximum atomic E-state index is 13.1. The monoisotopic (exact) mass is 282 g/mol. The van der Waals surface area contributed by atoms with E-state index in [9.17, 15) is 18.0 Å². The van der Waals surface area contributed by atoms with Crippen LogP contribution in [0.5, 0.6) is 0 Å². The van der Waals surface area contributed by atoms with Crippen molar-refractivity contribution >= 4 is 5.78 Å². The van der Waals surface area contributed by atoms with Crippen molar-refractivity contribution in [2.24, 2.45) is 0 Å². The summed E-state index contributed by atoms with van der Waals surface area (Å²) in [4.78, 5) is 11.9. The van der Waals surface area contributed by atoms with Crippen LogP contribution in [0.3, 0.4) is 0 Å². The van der Waals surface area contributed by atoms with Gasteiger partial charge in [-0.25, -0.2) is 13.2 Å². The highest BCUT2D eigenvalue weighted by atomic mass is 19.2. The van der Waals surface area contributed by atoms with E-state index < -0.39 is 23.2 Å². The van der Waals surface area contributed by atoms with E-state index in [2.05, 4.69) is 5.10 Å². The lowest BCUT2D eigenvalue weighted by atomic mass is 10.1. The number of ketones is 1. The number of rotatable bonds is 4. The first-order chi connectivity index (χ1) is 9.38. The highest BCUT2D eigenvalue weighted by Crippen LogP contribution is 2.15. The van der Waals surface area contributed by atoms with Crippen molar-refractivity contribution < 1.29 is 18.0 Å². The summed E-state index contributed by atoms with van der Waals surface area (Å²) >= 11 is 0. The summed E-state index contributed by atoms with van der Waals surface area (Å²) in [6, 6.07) is 3.20. The molecule has 1 heterocycles. The number of aromatic nitrogens is 2. The van der Waals surface area contributed by atoms with Crippen LogP contribution < -0.4 is 0 Å². The number of benzene rings is 1. The lowest BCUT2D eigenvalue weighted by Crippen LogP contribution is -2.08. The fraction of sp³-hybridized carbons (Fsp3) is 0.286. The Hall–Kier alpha value is -2.11. The van der Waals surface area contributed by atoms with Gasteiger partial charge in [0.25, 0.3) is 0 Å². The van der Waals surface area contributed by atoms with Crippen molar-refractivity contribution in [3.05, 3.63) is 53.1 Å². The zero-order valence-corrected chi connectivity index (χ0v) is 11.0. The molecule has 0 aliphatic rings. The van der Waals surface area contributed by atoms with E-state index in [1.165, 1.54) is 0 Å². The molecule has 0 saturated carbocycles. The molecule has 1 aromatic heterocycles. The van der Waals surface area contributed by atoms with Crippen molar-refractivity contribution in [2.45, 2.75) is 26.3 Å². The fourth-order valence-electron chi connectivity index (χ4n) is 1.74. The van der Waals surface area contributed by atoms with Gasteiger partial charge in [-0.2, -0.15) is 5.10 Å². The van der Waals surface area contributed by atoms with E-state index >= 15 is 0 Å². The number of hydrogen-bond acceptors (Lipinski definition) is 2. The van der Waals surface area contributed by atoms with Crippen LogP contribution in [0, 0.1) is 17.5 Å². The normalized spacial score (nSPS) is 11.1. The molecule has 0 aliphatic heterocycles. The van der Waals surface area contributed by atoms with Crippen LogP contribution >= 0.6 is 0 Å². The minimum absolute atomic E-state index is 0.0930. The van der Waals surface area contributed by atoms with Gasteiger partial charge in [0.15, 0.2) is 23.2 Å². The molecule has 0 bridgehead atoms. The molecule has 0 atom stereocenters. The van der Waals surface area contributed by atoms with Gasteiger partial charge < -0.3 is 0 Å². The Labute approximate surface area is 114 Å². The first kappa shape index (κ1) is 14.3. The fourth-order valence-corrected chi connectivity index (χ4v) is 1.74. The highest BCUT2D eigenvalue weighted by Gasteiger charge is 2.16. The molecule has 1 aromatic carbocycles. The van der Waals surface area contributed by atoms with E-state index in [0.29, 0.717) is 17.8 Å². The molecule has 6 heteroatoms. The molecule has 2 rings (SSSR count).